The smallest absolute Gasteiger partial charge is 0.174 e. The van der Waals surface area contributed by atoms with Crippen LogP contribution < -0.4 is 9.47 Å². The predicted octanol–water partition coefficient (Wildman–Crippen LogP) is 4.42. The van der Waals surface area contributed by atoms with Crippen LogP contribution in [0, 0.1) is 22.7 Å². The molecule has 0 unspecified atom stereocenters. The molecule has 0 saturated heterocycles. The van der Waals surface area contributed by atoms with E-state index in [0.717, 1.165) is 15.6 Å². The lowest BCUT2D eigenvalue weighted by molar-refractivity contribution is 0.329. The molecule has 0 spiro atoms. The largest absolute Gasteiger partial charge is 0.493 e. The van der Waals surface area contributed by atoms with Gasteiger partial charge < -0.3 is 9.47 Å². The minimum Gasteiger partial charge on any atom is -0.493 e. The molecule has 0 heterocycles. The van der Waals surface area contributed by atoms with Crippen molar-refractivity contribution in [3.05, 3.63) is 58.1 Å². The van der Waals surface area contributed by atoms with Crippen molar-refractivity contribution < 1.29 is 9.47 Å². The van der Waals surface area contributed by atoms with Crippen LogP contribution in [-0.2, 0) is 0 Å². The van der Waals surface area contributed by atoms with E-state index in [0.29, 0.717) is 17.1 Å². The van der Waals surface area contributed by atoms with Gasteiger partial charge in [-0.05, 0) is 41.5 Å². The zero-order valence-electron chi connectivity index (χ0n) is 12.4. The normalized spacial score (nSPS) is 10.5. The van der Waals surface area contributed by atoms with Crippen LogP contribution in [0.5, 0.6) is 11.5 Å². The fourth-order valence-electron chi connectivity index (χ4n) is 2.01. The standard InChI is InChI=1S/C18H13BrN2O2/c1-22-18-10-13(5-6-17(18)23-8-7-20)9-15(12-21)14-3-2-4-16(19)11-14/h2-6,9-11H,8H2,1H3/b15-9-. The molecule has 2 rings (SSSR count). The van der Waals surface area contributed by atoms with Gasteiger partial charge >= 0.3 is 0 Å². The average molecular weight is 369 g/mol. The van der Waals surface area contributed by atoms with Crippen LogP contribution in [0.25, 0.3) is 11.6 Å². The van der Waals surface area contributed by atoms with Gasteiger partial charge in [0.05, 0.1) is 18.8 Å². The van der Waals surface area contributed by atoms with E-state index in [1.807, 2.05) is 36.4 Å². The molecule has 2 aromatic carbocycles. The quantitative estimate of drug-likeness (QED) is 0.578. The first-order chi connectivity index (χ1) is 11.2. The van der Waals surface area contributed by atoms with E-state index in [9.17, 15) is 5.26 Å². The monoisotopic (exact) mass is 368 g/mol. The number of nitriles is 2. The van der Waals surface area contributed by atoms with Crippen LogP contribution in [0.15, 0.2) is 46.9 Å². The zero-order chi connectivity index (χ0) is 16.7. The molecule has 0 aliphatic rings. The van der Waals surface area contributed by atoms with Crippen molar-refractivity contribution in [1.29, 1.82) is 10.5 Å². The van der Waals surface area contributed by atoms with Gasteiger partial charge in [0.15, 0.2) is 18.1 Å². The molecule has 0 N–H and O–H groups in total. The van der Waals surface area contributed by atoms with E-state index >= 15 is 0 Å². The van der Waals surface area contributed by atoms with Gasteiger partial charge in [-0.1, -0.05) is 34.1 Å². The van der Waals surface area contributed by atoms with Crippen LogP contribution in [0.2, 0.25) is 0 Å². The molecule has 0 aliphatic heterocycles. The van der Waals surface area contributed by atoms with Crippen LogP contribution in [0.4, 0.5) is 0 Å². The lowest BCUT2D eigenvalue weighted by Crippen LogP contribution is -1.96. The number of rotatable bonds is 5. The van der Waals surface area contributed by atoms with Crippen molar-refractivity contribution in [3.63, 3.8) is 0 Å². The summed E-state index contributed by atoms with van der Waals surface area (Å²) in [6, 6.07) is 17.0. The summed E-state index contributed by atoms with van der Waals surface area (Å²) < 4.78 is 11.5. The van der Waals surface area contributed by atoms with Crippen molar-refractivity contribution in [2.45, 2.75) is 0 Å². The molecule has 0 bridgehead atoms. The van der Waals surface area contributed by atoms with Gasteiger partial charge in [0.1, 0.15) is 6.07 Å². The van der Waals surface area contributed by atoms with Crippen molar-refractivity contribution in [1.82, 2.24) is 0 Å². The Morgan fingerprint density at radius 2 is 2.00 bits per heavy atom. The molecule has 114 valence electrons. The van der Waals surface area contributed by atoms with Crippen molar-refractivity contribution >= 4 is 27.6 Å². The Hall–Kier alpha value is -2.76. The van der Waals surface area contributed by atoms with Crippen molar-refractivity contribution in [3.8, 4) is 23.6 Å². The fraction of sp³-hybridized carbons (Fsp3) is 0.111. The van der Waals surface area contributed by atoms with Gasteiger partial charge in [-0.3, -0.25) is 0 Å². The molecule has 5 heteroatoms. The first kappa shape index (κ1) is 16.6. The second kappa shape index (κ2) is 8.03. The number of benzene rings is 2. The number of nitrogens with zero attached hydrogens (tertiary/aromatic N) is 2. The maximum absolute atomic E-state index is 9.40. The summed E-state index contributed by atoms with van der Waals surface area (Å²) in [6.45, 7) is -0.0486. The number of methoxy groups -OCH3 is 1. The van der Waals surface area contributed by atoms with Gasteiger partial charge in [0, 0.05) is 4.47 Å². The van der Waals surface area contributed by atoms with E-state index in [1.54, 1.807) is 18.2 Å². The summed E-state index contributed by atoms with van der Waals surface area (Å²) >= 11 is 3.40. The molecule has 2 aromatic rings. The van der Waals surface area contributed by atoms with E-state index in [-0.39, 0.29) is 6.61 Å². The summed E-state index contributed by atoms with van der Waals surface area (Å²) in [5.41, 5.74) is 2.17. The second-order valence-electron chi connectivity index (χ2n) is 4.54. The number of ether oxygens (including phenoxy) is 2. The van der Waals surface area contributed by atoms with Crippen LogP contribution in [0.1, 0.15) is 11.1 Å². The Bertz CT molecular complexity index is 817. The molecular formula is C18H13BrN2O2. The summed E-state index contributed by atoms with van der Waals surface area (Å²) in [5, 5.41) is 18.0. The molecular weight excluding hydrogens is 356 g/mol. The third kappa shape index (κ3) is 4.35. The summed E-state index contributed by atoms with van der Waals surface area (Å²) in [7, 11) is 1.53. The van der Waals surface area contributed by atoms with E-state index in [4.69, 9.17) is 14.7 Å². The lowest BCUT2D eigenvalue weighted by Gasteiger charge is -2.09. The van der Waals surface area contributed by atoms with E-state index in [2.05, 4.69) is 22.0 Å². The van der Waals surface area contributed by atoms with Crippen molar-refractivity contribution in [2.75, 3.05) is 13.7 Å². The number of allylic oxidation sites excluding steroid dienone is 1. The Morgan fingerprint density at radius 3 is 2.65 bits per heavy atom. The predicted molar refractivity (Wildman–Crippen MR) is 91.7 cm³/mol. The molecule has 0 aromatic heterocycles. The molecule has 23 heavy (non-hydrogen) atoms. The highest BCUT2D eigenvalue weighted by Gasteiger charge is 2.07. The summed E-state index contributed by atoms with van der Waals surface area (Å²) in [4.78, 5) is 0. The highest BCUT2D eigenvalue weighted by atomic mass is 79.9. The van der Waals surface area contributed by atoms with Crippen LogP contribution in [-0.4, -0.2) is 13.7 Å². The highest BCUT2D eigenvalue weighted by Crippen LogP contribution is 2.30. The minimum absolute atomic E-state index is 0.0486. The molecule has 0 saturated carbocycles. The first-order valence-electron chi connectivity index (χ1n) is 6.73. The van der Waals surface area contributed by atoms with Gasteiger partial charge in [-0.15, -0.1) is 0 Å². The Labute approximate surface area is 143 Å². The van der Waals surface area contributed by atoms with Gasteiger partial charge in [0.2, 0.25) is 0 Å². The molecule has 0 amide bonds. The SMILES string of the molecule is COc1cc(/C=C(/C#N)c2cccc(Br)c2)ccc1OCC#N. The maximum atomic E-state index is 9.40. The molecule has 0 fully saturated rings. The van der Waals surface area contributed by atoms with E-state index < -0.39 is 0 Å². The number of halogens is 1. The summed E-state index contributed by atoms with van der Waals surface area (Å²) in [6.07, 6.45) is 1.78. The maximum Gasteiger partial charge on any atom is 0.174 e. The lowest BCUT2D eigenvalue weighted by atomic mass is 10.0. The molecule has 0 radical (unpaired) electrons. The zero-order valence-corrected chi connectivity index (χ0v) is 14.0. The second-order valence-corrected chi connectivity index (χ2v) is 5.45. The third-order valence-corrected chi connectivity index (χ3v) is 3.54. The van der Waals surface area contributed by atoms with Gasteiger partial charge in [-0.2, -0.15) is 10.5 Å². The number of hydrogen-bond acceptors (Lipinski definition) is 4. The topological polar surface area (TPSA) is 66.0 Å². The van der Waals surface area contributed by atoms with E-state index in [1.165, 1.54) is 7.11 Å². The average Bonchev–Trinajstić information content (AvgIpc) is 2.58. The van der Waals surface area contributed by atoms with Gasteiger partial charge in [-0.25, -0.2) is 0 Å². The Morgan fingerprint density at radius 1 is 1.17 bits per heavy atom. The third-order valence-electron chi connectivity index (χ3n) is 3.05. The summed E-state index contributed by atoms with van der Waals surface area (Å²) in [5.74, 6) is 1.01. The van der Waals surface area contributed by atoms with Crippen LogP contribution >= 0.6 is 15.9 Å². The van der Waals surface area contributed by atoms with Gasteiger partial charge in [0.25, 0.3) is 0 Å². The molecule has 4 nitrogen and oxygen atoms in total. The Balaban J connectivity index is 2.37. The van der Waals surface area contributed by atoms with Crippen LogP contribution in [0.3, 0.4) is 0 Å². The minimum atomic E-state index is -0.0486. The highest BCUT2D eigenvalue weighted by molar-refractivity contribution is 9.10. The molecule has 0 aliphatic carbocycles. The Kier molecular flexibility index (Phi) is 5.80. The molecule has 0 atom stereocenters. The van der Waals surface area contributed by atoms with Crippen molar-refractivity contribution in [2.24, 2.45) is 0 Å². The fourth-order valence-corrected chi connectivity index (χ4v) is 2.41. The number of hydrogen-bond donors (Lipinski definition) is 0. The first-order valence-corrected chi connectivity index (χ1v) is 7.52.